The summed E-state index contributed by atoms with van der Waals surface area (Å²) in [4.78, 5) is 0. The van der Waals surface area contributed by atoms with Gasteiger partial charge in [-0.3, -0.25) is 0 Å². The SMILES string of the molecule is CCC(C)(C)CCC1C=CC=CC1. The number of rotatable bonds is 4. The molecule has 0 nitrogen and oxygen atoms in total. The third kappa shape index (κ3) is 3.80. The van der Waals surface area contributed by atoms with Crippen LogP contribution in [0.1, 0.15) is 46.5 Å². The summed E-state index contributed by atoms with van der Waals surface area (Å²) in [7, 11) is 0. The highest BCUT2D eigenvalue weighted by molar-refractivity contribution is 5.10. The molecule has 74 valence electrons. The lowest BCUT2D eigenvalue weighted by atomic mass is 9.81. The Balaban J connectivity index is 2.26. The van der Waals surface area contributed by atoms with Gasteiger partial charge in [0, 0.05) is 0 Å². The van der Waals surface area contributed by atoms with E-state index in [1.807, 2.05) is 0 Å². The third-order valence-corrected chi connectivity index (χ3v) is 3.22. The average Bonchev–Trinajstić information content (AvgIpc) is 2.17. The summed E-state index contributed by atoms with van der Waals surface area (Å²) in [6, 6.07) is 0. The molecule has 0 aromatic heterocycles. The van der Waals surface area contributed by atoms with E-state index in [0.717, 1.165) is 5.92 Å². The Kier molecular flexibility index (Phi) is 3.77. The molecule has 1 aliphatic carbocycles. The molecule has 0 aromatic rings. The Morgan fingerprint density at radius 1 is 1.31 bits per heavy atom. The van der Waals surface area contributed by atoms with Crippen LogP contribution in [0, 0.1) is 11.3 Å². The number of allylic oxidation sites excluding steroid dienone is 4. The van der Waals surface area contributed by atoms with E-state index in [1.54, 1.807) is 0 Å². The van der Waals surface area contributed by atoms with E-state index in [-0.39, 0.29) is 0 Å². The minimum Gasteiger partial charge on any atom is -0.0840 e. The topological polar surface area (TPSA) is 0 Å². The monoisotopic (exact) mass is 178 g/mol. The van der Waals surface area contributed by atoms with Gasteiger partial charge in [0.25, 0.3) is 0 Å². The van der Waals surface area contributed by atoms with Crippen molar-refractivity contribution in [1.82, 2.24) is 0 Å². The summed E-state index contributed by atoms with van der Waals surface area (Å²) >= 11 is 0. The molecule has 0 spiro atoms. The van der Waals surface area contributed by atoms with Crippen LogP contribution in [-0.2, 0) is 0 Å². The first-order chi connectivity index (χ1) is 6.14. The molecule has 0 aliphatic heterocycles. The van der Waals surface area contributed by atoms with E-state index in [2.05, 4.69) is 45.1 Å². The summed E-state index contributed by atoms with van der Waals surface area (Å²) in [6.45, 7) is 7.03. The van der Waals surface area contributed by atoms with Crippen molar-refractivity contribution in [3.8, 4) is 0 Å². The zero-order valence-corrected chi connectivity index (χ0v) is 9.22. The van der Waals surface area contributed by atoms with Crippen LogP contribution in [-0.4, -0.2) is 0 Å². The lowest BCUT2D eigenvalue weighted by Gasteiger charge is -2.24. The normalized spacial score (nSPS) is 22.2. The van der Waals surface area contributed by atoms with E-state index in [9.17, 15) is 0 Å². The van der Waals surface area contributed by atoms with Gasteiger partial charge in [0.15, 0.2) is 0 Å². The number of hydrogen-bond acceptors (Lipinski definition) is 0. The van der Waals surface area contributed by atoms with E-state index in [1.165, 1.54) is 25.7 Å². The van der Waals surface area contributed by atoms with Crippen molar-refractivity contribution < 1.29 is 0 Å². The van der Waals surface area contributed by atoms with Gasteiger partial charge < -0.3 is 0 Å². The summed E-state index contributed by atoms with van der Waals surface area (Å²) in [5, 5.41) is 0. The first kappa shape index (κ1) is 10.6. The van der Waals surface area contributed by atoms with Gasteiger partial charge in [0.05, 0.1) is 0 Å². The van der Waals surface area contributed by atoms with Gasteiger partial charge >= 0.3 is 0 Å². The first-order valence-electron chi connectivity index (χ1n) is 5.47. The average molecular weight is 178 g/mol. The maximum atomic E-state index is 2.37. The molecule has 0 fully saturated rings. The van der Waals surface area contributed by atoms with Gasteiger partial charge in [0.1, 0.15) is 0 Å². The zero-order valence-electron chi connectivity index (χ0n) is 9.22. The lowest BCUT2D eigenvalue weighted by molar-refractivity contribution is 0.295. The van der Waals surface area contributed by atoms with Crippen molar-refractivity contribution in [3.63, 3.8) is 0 Å². The molecule has 0 heterocycles. The predicted molar refractivity (Wildman–Crippen MR) is 59.7 cm³/mol. The highest BCUT2D eigenvalue weighted by Crippen LogP contribution is 2.30. The van der Waals surface area contributed by atoms with Crippen molar-refractivity contribution in [2.45, 2.75) is 46.5 Å². The van der Waals surface area contributed by atoms with Crippen molar-refractivity contribution >= 4 is 0 Å². The van der Waals surface area contributed by atoms with Gasteiger partial charge in [-0.15, -0.1) is 0 Å². The van der Waals surface area contributed by atoms with Crippen LogP contribution in [0.25, 0.3) is 0 Å². The molecule has 0 saturated carbocycles. The molecule has 1 atom stereocenters. The summed E-state index contributed by atoms with van der Waals surface area (Å²) in [5.41, 5.74) is 0.537. The fourth-order valence-electron chi connectivity index (χ4n) is 1.60. The quantitative estimate of drug-likeness (QED) is 0.601. The predicted octanol–water partition coefficient (Wildman–Crippen LogP) is 4.34. The molecule has 0 amide bonds. The lowest BCUT2D eigenvalue weighted by Crippen LogP contribution is -2.11. The standard InChI is InChI=1S/C13H22/c1-4-13(2,3)11-10-12-8-6-5-7-9-12/h5-8,12H,4,9-11H2,1-3H3. The van der Waals surface area contributed by atoms with Gasteiger partial charge in [-0.25, -0.2) is 0 Å². The van der Waals surface area contributed by atoms with Crippen LogP contribution >= 0.6 is 0 Å². The van der Waals surface area contributed by atoms with E-state index in [0.29, 0.717) is 5.41 Å². The Labute approximate surface area is 82.7 Å². The fraction of sp³-hybridized carbons (Fsp3) is 0.692. The molecular weight excluding hydrogens is 156 g/mol. The molecule has 13 heavy (non-hydrogen) atoms. The highest BCUT2D eigenvalue weighted by Gasteiger charge is 2.16. The fourth-order valence-corrected chi connectivity index (χ4v) is 1.60. The molecule has 0 heteroatoms. The van der Waals surface area contributed by atoms with Crippen molar-refractivity contribution in [2.75, 3.05) is 0 Å². The molecule has 0 N–H and O–H groups in total. The molecule has 1 unspecified atom stereocenters. The van der Waals surface area contributed by atoms with E-state index >= 15 is 0 Å². The Bertz CT molecular complexity index is 196. The largest absolute Gasteiger partial charge is 0.0840 e. The smallest absolute Gasteiger partial charge is 0.0195 e. The minimum atomic E-state index is 0.537. The van der Waals surface area contributed by atoms with E-state index < -0.39 is 0 Å². The molecule has 0 radical (unpaired) electrons. The van der Waals surface area contributed by atoms with Crippen molar-refractivity contribution in [3.05, 3.63) is 24.3 Å². The maximum absolute atomic E-state index is 2.37. The van der Waals surface area contributed by atoms with Crippen molar-refractivity contribution in [2.24, 2.45) is 11.3 Å². The van der Waals surface area contributed by atoms with Gasteiger partial charge in [-0.05, 0) is 30.6 Å². The summed E-state index contributed by atoms with van der Waals surface area (Å²) in [6.07, 6.45) is 14.2. The third-order valence-electron chi connectivity index (χ3n) is 3.22. The maximum Gasteiger partial charge on any atom is -0.0195 e. The van der Waals surface area contributed by atoms with Crippen LogP contribution in [0.5, 0.6) is 0 Å². The second-order valence-electron chi connectivity index (χ2n) is 4.87. The van der Waals surface area contributed by atoms with Crippen LogP contribution < -0.4 is 0 Å². The first-order valence-corrected chi connectivity index (χ1v) is 5.47. The van der Waals surface area contributed by atoms with Crippen molar-refractivity contribution in [1.29, 1.82) is 0 Å². The second kappa shape index (κ2) is 4.64. The molecule has 1 rings (SSSR count). The molecule has 0 saturated heterocycles. The summed E-state index contributed by atoms with van der Waals surface area (Å²) < 4.78 is 0. The van der Waals surface area contributed by atoms with E-state index in [4.69, 9.17) is 0 Å². The molecule has 0 bridgehead atoms. The Morgan fingerprint density at radius 3 is 2.62 bits per heavy atom. The highest BCUT2D eigenvalue weighted by atomic mass is 14.2. The van der Waals surface area contributed by atoms with Crippen LogP contribution in [0.3, 0.4) is 0 Å². The van der Waals surface area contributed by atoms with Crippen LogP contribution in [0.15, 0.2) is 24.3 Å². The number of hydrogen-bond donors (Lipinski definition) is 0. The summed E-state index contributed by atoms with van der Waals surface area (Å²) in [5.74, 6) is 0.802. The van der Waals surface area contributed by atoms with Crippen LogP contribution in [0.4, 0.5) is 0 Å². The Hall–Kier alpha value is -0.520. The molecular formula is C13H22. The van der Waals surface area contributed by atoms with Crippen LogP contribution in [0.2, 0.25) is 0 Å². The van der Waals surface area contributed by atoms with Gasteiger partial charge in [-0.1, -0.05) is 51.5 Å². The molecule has 1 aliphatic rings. The second-order valence-corrected chi connectivity index (χ2v) is 4.87. The van der Waals surface area contributed by atoms with Gasteiger partial charge in [0.2, 0.25) is 0 Å². The van der Waals surface area contributed by atoms with Gasteiger partial charge in [-0.2, -0.15) is 0 Å². The molecule has 0 aromatic carbocycles. The Morgan fingerprint density at radius 2 is 2.08 bits per heavy atom. The zero-order chi connectivity index (χ0) is 9.73. The minimum absolute atomic E-state index is 0.537.